The lowest BCUT2D eigenvalue weighted by molar-refractivity contribution is -0.151. The number of esters is 1. The van der Waals surface area contributed by atoms with Crippen molar-refractivity contribution < 1.29 is 24.5 Å². The van der Waals surface area contributed by atoms with E-state index in [1.54, 1.807) is 0 Å². The normalized spacial score (nSPS) is 13.5. The van der Waals surface area contributed by atoms with E-state index in [1.165, 1.54) is 154 Å². The summed E-state index contributed by atoms with van der Waals surface area (Å²) in [6.07, 6.45) is 56.3. The molecule has 0 aliphatic carbocycles. The van der Waals surface area contributed by atoms with Gasteiger partial charge in [-0.3, -0.25) is 9.59 Å². The Morgan fingerprint density at radius 2 is 0.867 bits per heavy atom. The van der Waals surface area contributed by atoms with E-state index in [-0.39, 0.29) is 24.9 Å². The Balaban J connectivity index is 4.56. The summed E-state index contributed by atoms with van der Waals surface area (Å²) in [6, 6.07) is -0.708. The van der Waals surface area contributed by atoms with E-state index in [0.29, 0.717) is 19.3 Å². The van der Waals surface area contributed by atoms with Crippen LogP contribution in [0.2, 0.25) is 0 Å². The van der Waals surface area contributed by atoms with Crippen LogP contribution in [0.15, 0.2) is 36.5 Å². The maximum absolute atomic E-state index is 13.2. The Labute approximate surface area is 373 Å². The lowest BCUT2D eigenvalue weighted by atomic mass is 10.0. The average molecular weight is 844 g/mol. The molecule has 0 fully saturated rings. The molecule has 0 saturated carbocycles. The van der Waals surface area contributed by atoms with Crippen molar-refractivity contribution in [2.75, 3.05) is 6.61 Å². The molecule has 3 N–H and O–H groups in total. The number of nitrogens with one attached hydrogen (secondary N) is 1. The molecule has 3 unspecified atom stereocenters. The van der Waals surface area contributed by atoms with Crippen LogP contribution in [-0.4, -0.2) is 46.9 Å². The summed E-state index contributed by atoms with van der Waals surface area (Å²) in [5, 5.41) is 23.7. The Morgan fingerprint density at radius 1 is 0.483 bits per heavy atom. The molecule has 0 saturated heterocycles. The molecule has 0 spiro atoms. The molecule has 1 amide bonds. The van der Waals surface area contributed by atoms with Crippen LogP contribution in [-0.2, 0) is 14.3 Å². The van der Waals surface area contributed by atoms with E-state index in [0.717, 1.165) is 70.6 Å². The molecule has 60 heavy (non-hydrogen) atoms. The number of aliphatic hydroxyl groups excluding tert-OH is 2. The molecule has 352 valence electrons. The number of aliphatic hydroxyl groups is 2. The molecule has 0 aliphatic rings. The largest absolute Gasteiger partial charge is 0.462 e. The second kappa shape index (κ2) is 48.1. The van der Waals surface area contributed by atoms with Crippen LogP contribution in [0.5, 0.6) is 0 Å². The van der Waals surface area contributed by atoms with Crippen LogP contribution in [0.4, 0.5) is 0 Å². The van der Waals surface area contributed by atoms with Crippen LogP contribution in [0.3, 0.4) is 0 Å². The zero-order chi connectivity index (χ0) is 43.8. The predicted molar refractivity (Wildman–Crippen MR) is 259 cm³/mol. The number of carbonyl (C=O) groups is 2. The monoisotopic (exact) mass is 844 g/mol. The fraction of sp³-hybridized carbons (Fsp3) is 0.852. The minimum atomic E-state index is -0.793. The number of unbranched alkanes of at least 4 members (excludes halogenated alkanes) is 29. The number of rotatable bonds is 47. The molecular formula is C54H101NO5. The number of allylic oxidation sites excluding steroid dienone is 6. The van der Waals surface area contributed by atoms with E-state index < -0.39 is 18.2 Å². The minimum absolute atomic E-state index is 0.0558. The van der Waals surface area contributed by atoms with E-state index in [2.05, 4.69) is 62.5 Å². The molecule has 3 atom stereocenters. The second-order valence-corrected chi connectivity index (χ2v) is 17.9. The molecule has 6 heteroatoms. The molecule has 6 nitrogen and oxygen atoms in total. The Bertz CT molecular complexity index is 993. The van der Waals surface area contributed by atoms with Gasteiger partial charge in [0, 0.05) is 6.42 Å². The zero-order valence-electron chi connectivity index (χ0n) is 40.1. The van der Waals surface area contributed by atoms with Crippen molar-refractivity contribution in [1.82, 2.24) is 5.32 Å². The van der Waals surface area contributed by atoms with Crippen molar-refractivity contribution in [2.24, 2.45) is 0 Å². The Hall–Kier alpha value is -1.92. The third kappa shape index (κ3) is 42.8. The Morgan fingerprint density at radius 3 is 1.35 bits per heavy atom. The fourth-order valence-electron chi connectivity index (χ4n) is 7.93. The van der Waals surface area contributed by atoms with Gasteiger partial charge in [0.1, 0.15) is 6.10 Å². The van der Waals surface area contributed by atoms with Gasteiger partial charge in [0.15, 0.2) is 0 Å². The summed E-state index contributed by atoms with van der Waals surface area (Å²) in [4.78, 5) is 26.1. The summed E-state index contributed by atoms with van der Waals surface area (Å²) in [7, 11) is 0. The van der Waals surface area contributed by atoms with Gasteiger partial charge in [0.05, 0.1) is 25.2 Å². The average Bonchev–Trinajstić information content (AvgIpc) is 3.24. The van der Waals surface area contributed by atoms with Crippen molar-refractivity contribution in [3.05, 3.63) is 36.5 Å². The first-order valence-corrected chi connectivity index (χ1v) is 26.2. The fourth-order valence-corrected chi connectivity index (χ4v) is 7.93. The van der Waals surface area contributed by atoms with Gasteiger partial charge in [-0.25, -0.2) is 0 Å². The first-order valence-electron chi connectivity index (χ1n) is 26.2. The van der Waals surface area contributed by atoms with E-state index in [4.69, 9.17) is 4.74 Å². The van der Waals surface area contributed by atoms with Gasteiger partial charge in [-0.05, 0) is 77.0 Å². The van der Waals surface area contributed by atoms with Crippen LogP contribution >= 0.6 is 0 Å². The van der Waals surface area contributed by atoms with Crippen LogP contribution < -0.4 is 5.32 Å². The number of hydrogen-bond acceptors (Lipinski definition) is 5. The van der Waals surface area contributed by atoms with Crippen molar-refractivity contribution in [3.63, 3.8) is 0 Å². The van der Waals surface area contributed by atoms with E-state index in [1.807, 2.05) is 0 Å². The lowest BCUT2D eigenvalue weighted by Crippen LogP contribution is -2.46. The van der Waals surface area contributed by atoms with Crippen molar-refractivity contribution in [2.45, 2.75) is 289 Å². The van der Waals surface area contributed by atoms with Gasteiger partial charge in [0.2, 0.25) is 5.91 Å². The molecule has 0 heterocycles. The van der Waals surface area contributed by atoms with Gasteiger partial charge in [-0.2, -0.15) is 0 Å². The summed E-state index contributed by atoms with van der Waals surface area (Å²) < 4.78 is 5.91. The van der Waals surface area contributed by atoms with Crippen molar-refractivity contribution in [1.29, 1.82) is 0 Å². The molecular weight excluding hydrogens is 743 g/mol. The SMILES string of the molecule is CCCCC/C=C\C/C=C\CCCCCCCCCC(=O)OC(CCC/C=C\CCCCCCCCC)CC(=O)NC(CO)C(O)CCCCCCCCCCCCCC. The third-order valence-electron chi connectivity index (χ3n) is 11.9. The number of ether oxygens (including phenoxy) is 1. The van der Waals surface area contributed by atoms with E-state index in [9.17, 15) is 19.8 Å². The first-order chi connectivity index (χ1) is 29.5. The molecule has 0 aromatic carbocycles. The van der Waals surface area contributed by atoms with Crippen LogP contribution in [0.1, 0.15) is 271 Å². The lowest BCUT2D eigenvalue weighted by Gasteiger charge is -2.24. The first kappa shape index (κ1) is 58.1. The van der Waals surface area contributed by atoms with Gasteiger partial charge in [-0.1, -0.05) is 218 Å². The molecule has 0 aliphatic heterocycles. The Kier molecular flexibility index (Phi) is 46.6. The maximum Gasteiger partial charge on any atom is 0.306 e. The zero-order valence-corrected chi connectivity index (χ0v) is 40.1. The molecule has 0 aromatic rings. The van der Waals surface area contributed by atoms with Gasteiger partial charge >= 0.3 is 5.97 Å². The summed E-state index contributed by atoms with van der Waals surface area (Å²) in [5.74, 6) is -0.504. The number of carbonyl (C=O) groups excluding carboxylic acids is 2. The second-order valence-electron chi connectivity index (χ2n) is 17.9. The van der Waals surface area contributed by atoms with Gasteiger partial charge in [-0.15, -0.1) is 0 Å². The quantitative estimate of drug-likeness (QED) is 0.0322. The summed E-state index contributed by atoms with van der Waals surface area (Å²) >= 11 is 0. The highest BCUT2D eigenvalue weighted by Crippen LogP contribution is 2.17. The maximum atomic E-state index is 13.2. The van der Waals surface area contributed by atoms with Gasteiger partial charge in [0.25, 0.3) is 0 Å². The smallest absolute Gasteiger partial charge is 0.306 e. The molecule has 0 rings (SSSR count). The van der Waals surface area contributed by atoms with Gasteiger partial charge < -0.3 is 20.3 Å². The number of amides is 1. The van der Waals surface area contributed by atoms with Crippen LogP contribution in [0, 0.1) is 0 Å². The van der Waals surface area contributed by atoms with Crippen molar-refractivity contribution in [3.8, 4) is 0 Å². The van der Waals surface area contributed by atoms with Crippen molar-refractivity contribution >= 4 is 11.9 Å². The molecule has 0 bridgehead atoms. The highest BCUT2D eigenvalue weighted by Gasteiger charge is 2.24. The molecule has 0 aromatic heterocycles. The standard InChI is InChI=1S/C54H101NO5/c1-4-7-10-13-16-19-22-25-26-27-28-29-32-35-38-41-44-47-54(59)60-50(45-42-39-36-33-30-23-20-17-14-11-8-5-2)48-53(58)55-51(49-56)52(57)46-43-40-37-34-31-24-21-18-15-12-9-6-3/h16,19,25-26,33,36,50-52,56-57H,4-15,17-18,20-24,27-32,34-35,37-49H2,1-3H3,(H,55,58)/b19-16-,26-25-,36-33-. The predicted octanol–water partition coefficient (Wildman–Crippen LogP) is 15.7. The number of hydrogen-bond donors (Lipinski definition) is 3. The minimum Gasteiger partial charge on any atom is -0.462 e. The highest BCUT2D eigenvalue weighted by molar-refractivity contribution is 5.77. The summed E-state index contributed by atoms with van der Waals surface area (Å²) in [5.41, 5.74) is 0. The molecule has 0 radical (unpaired) electrons. The highest BCUT2D eigenvalue weighted by atomic mass is 16.5. The third-order valence-corrected chi connectivity index (χ3v) is 11.9. The van der Waals surface area contributed by atoms with Crippen LogP contribution in [0.25, 0.3) is 0 Å². The summed E-state index contributed by atoms with van der Waals surface area (Å²) in [6.45, 7) is 6.45. The topological polar surface area (TPSA) is 95.9 Å². The van der Waals surface area contributed by atoms with E-state index >= 15 is 0 Å².